The molecule has 3 unspecified atom stereocenters. The molecule has 0 aromatic carbocycles. The van der Waals surface area contributed by atoms with Crippen molar-refractivity contribution in [2.45, 2.75) is 36.6 Å². The van der Waals surface area contributed by atoms with E-state index in [1.807, 2.05) is 0 Å². The first-order chi connectivity index (χ1) is 8.71. The van der Waals surface area contributed by atoms with E-state index in [9.17, 15) is 35.0 Å². The van der Waals surface area contributed by atoms with Gasteiger partial charge in [0.2, 0.25) is 0 Å². The van der Waals surface area contributed by atoms with Crippen LogP contribution in [-0.4, -0.2) is 85.4 Å². The van der Waals surface area contributed by atoms with Crippen LogP contribution in [0.3, 0.4) is 0 Å². The quantitative estimate of drug-likeness (QED) is 0.250. The third-order valence-electron chi connectivity index (χ3n) is 2.67. The van der Waals surface area contributed by atoms with Gasteiger partial charge in [-0.25, -0.2) is 4.57 Å². The summed E-state index contributed by atoms with van der Waals surface area (Å²) in [7, 11) is -4.71. The fourth-order valence-corrected chi connectivity index (χ4v) is 2.59. The summed E-state index contributed by atoms with van der Waals surface area (Å²) in [4.78, 5) is 9.22. The molecule has 0 heterocycles. The molecule has 1 aliphatic carbocycles. The van der Waals surface area contributed by atoms with E-state index in [0.717, 1.165) is 0 Å². The predicted molar refractivity (Wildman–Crippen MR) is 57.8 cm³/mol. The van der Waals surface area contributed by atoms with Crippen LogP contribution in [0.15, 0.2) is 0 Å². The van der Waals surface area contributed by atoms with Crippen LogP contribution in [0.25, 0.3) is 0 Å². The van der Waals surface area contributed by atoms with E-state index < -0.39 is 57.7 Å². The summed E-state index contributed by atoms with van der Waals surface area (Å²) in [5, 5.41) is 55.5. The van der Waals surface area contributed by atoms with Crippen LogP contribution in [0.5, 0.6) is 0 Å². The SMILES string of the molecule is O=P(O)(OCCO)OC1[C@H](O)[C@H](O)C(O)[C@H](O)[C@H]1O. The Morgan fingerprint density at radius 2 is 1.32 bits per heavy atom. The molecule has 114 valence electrons. The van der Waals surface area contributed by atoms with E-state index >= 15 is 0 Å². The summed E-state index contributed by atoms with van der Waals surface area (Å²) in [6.07, 6.45) is -11.2. The van der Waals surface area contributed by atoms with Crippen molar-refractivity contribution in [1.29, 1.82) is 0 Å². The van der Waals surface area contributed by atoms with E-state index in [2.05, 4.69) is 9.05 Å². The number of phosphoric ester groups is 1. The lowest BCUT2D eigenvalue weighted by atomic mass is 9.85. The first kappa shape index (κ1) is 16.9. The van der Waals surface area contributed by atoms with Crippen molar-refractivity contribution in [1.82, 2.24) is 0 Å². The van der Waals surface area contributed by atoms with Gasteiger partial charge in [0.1, 0.15) is 36.6 Å². The number of hydrogen-bond donors (Lipinski definition) is 7. The molecular formula is C8H17O10P. The first-order valence-corrected chi connectivity index (χ1v) is 6.87. The molecule has 19 heavy (non-hydrogen) atoms. The molecular weight excluding hydrogens is 287 g/mol. The van der Waals surface area contributed by atoms with Gasteiger partial charge in [0.25, 0.3) is 0 Å². The predicted octanol–water partition coefficient (Wildman–Crippen LogP) is -3.70. The molecule has 1 rings (SSSR count). The largest absolute Gasteiger partial charge is 0.472 e. The molecule has 0 aromatic heterocycles. The van der Waals surface area contributed by atoms with Crippen LogP contribution in [0, 0.1) is 0 Å². The first-order valence-electron chi connectivity index (χ1n) is 5.38. The normalized spacial score (nSPS) is 42.9. The minimum atomic E-state index is -4.71. The zero-order valence-corrected chi connectivity index (χ0v) is 10.6. The Bertz CT molecular complexity index is 321. The van der Waals surface area contributed by atoms with Crippen molar-refractivity contribution in [3.8, 4) is 0 Å². The molecule has 10 nitrogen and oxygen atoms in total. The van der Waals surface area contributed by atoms with Gasteiger partial charge in [0.05, 0.1) is 13.2 Å². The van der Waals surface area contributed by atoms with Gasteiger partial charge in [-0.2, -0.15) is 0 Å². The van der Waals surface area contributed by atoms with Gasteiger partial charge < -0.3 is 35.5 Å². The van der Waals surface area contributed by atoms with Gasteiger partial charge in [-0.1, -0.05) is 0 Å². The Balaban J connectivity index is 2.78. The standard InChI is InChI=1S/C8H17O10P/c9-1-2-17-19(15,16)18-8-6(13)4(11)3(10)5(12)7(8)14/h3-14H,1-2H2,(H,15,16)/t3?,4-,5+,6-,7-,8?/m1/s1. The van der Waals surface area contributed by atoms with Crippen molar-refractivity contribution in [2.24, 2.45) is 0 Å². The smallest absolute Gasteiger partial charge is 0.394 e. The van der Waals surface area contributed by atoms with Gasteiger partial charge in [0.15, 0.2) is 0 Å². The second kappa shape index (κ2) is 6.55. The van der Waals surface area contributed by atoms with E-state index in [-0.39, 0.29) is 0 Å². The molecule has 0 radical (unpaired) electrons. The van der Waals surface area contributed by atoms with Crippen molar-refractivity contribution in [3.63, 3.8) is 0 Å². The molecule has 7 N–H and O–H groups in total. The second-order valence-electron chi connectivity index (χ2n) is 4.05. The maximum atomic E-state index is 11.4. The monoisotopic (exact) mass is 304 g/mol. The van der Waals surface area contributed by atoms with Crippen molar-refractivity contribution < 1.29 is 49.1 Å². The summed E-state index contributed by atoms with van der Waals surface area (Å²) in [6.45, 7) is -1.09. The number of aliphatic hydroxyl groups is 6. The number of hydrogen-bond acceptors (Lipinski definition) is 9. The fourth-order valence-electron chi connectivity index (χ4n) is 1.66. The Morgan fingerprint density at radius 3 is 1.74 bits per heavy atom. The van der Waals surface area contributed by atoms with E-state index in [0.29, 0.717) is 0 Å². The Kier molecular flexibility index (Phi) is 5.83. The van der Waals surface area contributed by atoms with E-state index in [4.69, 9.17) is 5.11 Å². The summed E-state index contributed by atoms with van der Waals surface area (Å²) < 4.78 is 20.1. The highest BCUT2D eigenvalue weighted by Gasteiger charge is 2.51. The highest BCUT2D eigenvalue weighted by atomic mass is 31.2. The molecule has 0 aliphatic heterocycles. The second-order valence-corrected chi connectivity index (χ2v) is 5.45. The molecule has 0 aromatic rings. The van der Waals surface area contributed by atoms with Crippen LogP contribution in [-0.2, 0) is 13.6 Å². The van der Waals surface area contributed by atoms with Crippen LogP contribution in [0.2, 0.25) is 0 Å². The topological polar surface area (TPSA) is 177 Å². The van der Waals surface area contributed by atoms with Crippen LogP contribution in [0.4, 0.5) is 0 Å². The van der Waals surface area contributed by atoms with Gasteiger partial charge in [0, 0.05) is 0 Å². The molecule has 7 atom stereocenters. The molecule has 11 heteroatoms. The Hall–Kier alpha value is -0.130. The van der Waals surface area contributed by atoms with Crippen LogP contribution in [0.1, 0.15) is 0 Å². The lowest BCUT2D eigenvalue weighted by molar-refractivity contribution is -0.220. The van der Waals surface area contributed by atoms with Crippen molar-refractivity contribution >= 4 is 7.82 Å². The summed E-state index contributed by atoms with van der Waals surface area (Å²) >= 11 is 0. The molecule has 0 bridgehead atoms. The van der Waals surface area contributed by atoms with Gasteiger partial charge >= 0.3 is 7.82 Å². The van der Waals surface area contributed by atoms with E-state index in [1.54, 1.807) is 0 Å². The minimum Gasteiger partial charge on any atom is -0.394 e. The van der Waals surface area contributed by atoms with Crippen molar-refractivity contribution in [3.05, 3.63) is 0 Å². The molecule has 0 amide bonds. The van der Waals surface area contributed by atoms with E-state index in [1.165, 1.54) is 0 Å². The van der Waals surface area contributed by atoms with Gasteiger partial charge in [-0.05, 0) is 0 Å². The third kappa shape index (κ3) is 3.92. The lowest BCUT2D eigenvalue weighted by Crippen LogP contribution is -2.64. The third-order valence-corrected chi connectivity index (χ3v) is 3.69. The molecule has 0 spiro atoms. The summed E-state index contributed by atoms with van der Waals surface area (Å²) in [6, 6.07) is 0. The minimum absolute atomic E-state index is 0.527. The van der Waals surface area contributed by atoms with Crippen LogP contribution >= 0.6 is 7.82 Å². The summed E-state index contributed by atoms with van der Waals surface area (Å²) in [5.74, 6) is 0. The maximum Gasteiger partial charge on any atom is 0.472 e. The average molecular weight is 304 g/mol. The zero-order chi connectivity index (χ0) is 14.8. The lowest BCUT2D eigenvalue weighted by Gasteiger charge is -2.41. The maximum absolute atomic E-state index is 11.4. The Labute approximate surface area is 108 Å². The fraction of sp³-hybridized carbons (Fsp3) is 1.00. The van der Waals surface area contributed by atoms with Crippen molar-refractivity contribution in [2.75, 3.05) is 13.2 Å². The number of rotatable bonds is 5. The average Bonchev–Trinajstić information content (AvgIpc) is 2.37. The Morgan fingerprint density at radius 1 is 0.895 bits per heavy atom. The highest BCUT2D eigenvalue weighted by Crippen LogP contribution is 2.46. The molecule has 1 fully saturated rings. The zero-order valence-electron chi connectivity index (χ0n) is 9.68. The number of phosphoric acid groups is 1. The number of aliphatic hydroxyl groups excluding tert-OH is 6. The van der Waals surface area contributed by atoms with Gasteiger partial charge in [-0.15, -0.1) is 0 Å². The molecule has 1 aliphatic rings. The highest BCUT2D eigenvalue weighted by molar-refractivity contribution is 7.47. The summed E-state index contributed by atoms with van der Waals surface area (Å²) in [5.41, 5.74) is 0. The van der Waals surface area contributed by atoms with Gasteiger partial charge in [-0.3, -0.25) is 9.05 Å². The molecule has 0 saturated heterocycles. The van der Waals surface area contributed by atoms with Crippen LogP contribution < -0.4 is 0 Å². The molecule has 1 saturated carbocycles.